The van der Waals surface area contributed by atoms with Crippen LogP contribution in [0.2, 0.25) is 0 Å². The van der Waals surface area contributed by atoms with Gasteiger partial charge < -0.3 is 20.4 Å². The van der Waals surface area contributed by atoms with Crippen molar-refractivity contribution in [1.82, 2.24) is 0 Å². The van der Waals surface area contributed by atoms with Gasteiger partial charge in [-0.15, -0.1) is 23.0 Å². The van der Waals surface area contributed by atoms with E-state index < -0.39 is 23.0 Å². The Morgan fingerprint density at radius 2 is 0.647 bits per heavy atom. The summed E-state index contributed by atoms with van der Waals surface area (Å²) in [5.41, 5.74) is 0. The summed E-state index contributed by atoms with van der Waals surface area (Å²) in [6, 6.07) is 11.2. The molecule has 0 amide bonds. The number of rotatable bonds is 0. The van der Waals surface area contributed by atoms with Crippen LogP contribution in [0.1, 0.15) is 0 Å². The van der Waals surface area contributed by atoms with Crippen molar-refractivity contribution in [2.24, 2.45) is 0 Å². The summed E-state index contributed by atoms with van der Waals surface area (Å²) < 4.78 is 0. The number of benzene rings is 2. The number of hydrogen-bond donors (Lipinski definition) is 0. The molecule has 0 aliphatic carbocycles. The Morgan fingerprint density at radius 3 is 0.765 bits per heavy atom. The largest absolute Gasteiger partial charge is 4.00 e. The molecule has 0 radical (unpaired) electrons. The van der Waals surface area contributed by atoms with Crippen molar-refractivity contribution < 1.29 is 46.6 Å². The zero-order valence-corrected chi connectivity index (χ0v) is 11.2. The minimum Gasteiger partial charge on any atom is -0.873 e. The van der Waals surface area contributed by atoms with Crippen LogP contribution in [0.4, 0.5) is 0 Å². The number of para-hydroxylation sites is 4. The molecule has 0 unspecified atom stereocenters. The molecule has 0 spiro atoms. The van der Waals surface area contributed by atoms with Crippen molar-refractivity contribution in [3.05, 3.63) is 48.5 Å². The quantitative estimate of drug-likeness (QED) is 0.666. The molecule has 2 rings (SSSR count). The summed E-state index contributed by atoms with van der Waals surface area (Å²) in [7, 11) is 0. The maximum atomic E-state index is 10.3. The van der Waals surface area contributed by atoms with Gasteiger partial charge in [0.1, 0.15) is 0 Å². The SMILES string of the molecule is [O-]c1ccccc1[O-].[O-]c1ccccc1[O-].[Zr+4]. The van der Waals surface area contributed by atoms with Crippen LogP contribution in [-0.4, -0.2) is 0 Å². The Labute approximate surface area is 118 Å². The van der Waals surface area contributed by atoms with Gasteiger partial charge >= 0.3 is 26.2 Å². The van der Waals surface area contributed by atoms with Gasteiger partial charge in [0.15, 0.2) is 0 Å². The van der Waals surface area contributed by atoms with Gasteiger partial charge in [-0.05, 0) is 0 Å². The summed E-state index contributed by atoms with van der Waals surface area (Å²) in [5.74, 6) is -1.75. The molecule has 5 heteroatoms. The van der Waals surface area contributed by atoms with E-state index in [1.54, 1.807) is 24.3 Å². The van der Waals surface area contributed by atoms with E-state index in [0.29, 0.717) is 0 Å². The molecule has 0 saturated carbocycles. The molecular weight excluding hydrogens is 299 g/mol. The average molecular weight is 307 g/mol. The minimum absolute atomic E-state index is 0. The summed E-state index contributed by atoms with van der Waals surface area (Å²) in [4.78, 5) is 0. The molecule has 84 valence electrons. The summed E-state index contributed by atoms with van der Waals surface area (Å²) in [6.07, 6.45) is 0. The third-order valence-corrected chi connectivity index (χ3v) is 1.70. The molecule has 0 atom stereocenters. The zero-order chi connectivity index (χ0) is 12.0. The maximum absolute atomic E-state index is 10.3. The molecule has 0 fully saturated rings. The van der Waals surface area contributed by atoms with E-state index in [1.807, 2.05) is 0 Å². The molecule has 0 heterocycles. The van der Waals surface area contributed by atoms with Crippen molar-refractivity contribution in [1.29, 1.82) is 0 Å². The van der Waals surface area contributed by atoms with Gasteiger partial charge in [0, 0.05) is 0 Å². The van der Waals surface area contributed by atoms with Gasteiger partial charge in [0.25, 0.3) is 0 Å². The Hall–Kier alpha value is -1.48. The van der Waals surface area contributed by atoms with Crippen molar-refractivity contribution >= 4 is 0 Å². The molecule has 2 aromatic rings. The fourth-order valence-electron chi connectivity index (χ4n) is 0.900. The smallest absolute Gasteiger partial charge is 0.873 e. The van der Waals surface area contributed by atoms with Gasteiger partial charge in [-0.1, -0.05) is 48.5 Å². The Balaban J connectivity index is 0.000000284. The second-order valence-electron chi connectivity index (χ2n) is 2.89. The predicted molar refractivity (Wildman–Crippen MR) is 50.7 cm³/mol. The first kappa shape index (κ1) is 15.5. The molecule has 4 nitrogen and oxygen atoms in total. The molecule has 0 aromatic heterocycles. The van der Waals surface area contributed by atoms with Crippen LogP contribution in [0.25, 0.3) is 0 Å². The van der Waals surface area contributed by atoms with Crippen LogP contribution in [-0.2, 0) is 26.2 Å². The summed E-state index contributed by atoms with van der Waals surface area (Å²) in [6.45, 7) is 0. The second-order valence-corrected chi connectivity index (χ2v) is 2.89. The van der Waals surface area contributed by atoms with Gasteiger partial charge in [-0.2, -0.15) is 0 Å². The van der Waals surface area contributed by atoms with Gasteiger partial charge in [-0.3, -0.25) is 0 Å². The van der Waals surface area contributed by atoms with Gasteiger partial charge in [0.2, 0.25) is 0 Å². The predicted octanol–water partition coefficient (Wildman–Crippen LogP) is -0.335. The first-order valence-corrected chi connectivity index (χ1v) is 4.47. The van der Waals surface area contributed by atoms with Crippen LogP contribution in [0.15, 0.2) is 48.5 Å². The van der Waals surface area contributed by atoms with Crippen molar-refractivity contribution in [3.63, 3.8) is 0 Å². The summed E-state index contributed by atoms with van der Waals surface area (Å²) in [5, 5.41) is 41.2. The third-order valence-electron chi connectivity index (χ3n) is 1.70. The first-order chi connectivity index (χ1) is 7.61. The third kappa shape index (κ3) is 5.41. The molecule has 0 N–H and O–H groups in total. The second kappa shape index (κ2) is 7.74. The minimum atomic E-state index is -0.437. The van der Waals surface area contributed by atoms with Crippen LogP contribution in [0.5, 0.6) is 23.0 Å². The first-order valence-electron chi connectivity index (χ1n) is 4.47. The average Bonchev–Trinajstić information content (AvgIpc) is 2.28. The molecule has 0 aliphatic heterocycles. The maximum Gasteiger partial charge on any atom is 4.00 e. The van der Waals surface area contributed by atoms with E-state index in [-0.39, 0.29) is 26.2 Å². The van der Waals surface area contributed by atoms with E-state index in [9.17, 15) is 20.4 Å². The molecule has 2 aromatic carbocycles. The Kier molecular flexibility index (Phi) is 7.07. The topological polar surface area (TPSA) is 92.2 Å². The van der Waals surface area contributed by atoms with E-state index in [0.717, 1.165) is 0 Å². The molecule has 17 heavy (non-hydrogen) atoms. The van der Waals surface area contributed by atoms with Crippen molar-refractivity contribution in [2.45, 2.75) is 0 Å². The van der Waals surface area contributed by atoms with Crippen LogP contribution in [0.3, 0.4) is 0 Å². The van der Waals surface area contributed by atoms with Gasteiger partial charge in [-0.25, -0.2) is 0 Å². The molecule has 0 bridgehead atoms. The van der Waals surface area contributed by atoms with Crippen LogP contribution in [0, 0.1) is 0 Å². The van der Waals surface area contributed by atoms with Crippen molar-refractivity contribution in [2.75, 3.05) is 0 Å². The molecule has 0 saturated heterocycles. The van der Waals surface area contributed by atoms with Gasteiger partial charge in [0.05, 0.1) is 0 Å². The zero-order valence-electron chi connectivity index (χ0n) is 8.75. The molecule has 0 aliphatic rings. The Morgan fingerprint density at radius 1 is 0.471 bits per heavy atom. The van der Waals surface area contributed by atoms with Crippen LogP contribution >= 0.6 is 0 Å². The van der Waals surface area contributed by atoms with E-state index in [1.165, 1.54) is 24.3 Å². The molecular formula is C12H8O4Zr. The van der Waals surface area contributed by atoms with E-state index in [2.05, 4.69) is 0 Å². The fraction of sp³-hybridized carbons (Fsp3) is 0. The van der Waals surface area contributed by atoms with E-state index in [4.69, 9.17) is 0 Å². The fourth-order valence-corrected chi connectivity index (χ4v) is 0.900. The normalized spacial score (nSPS) is 8.47. The monoisotopic (exact) mass is 306 g/mol. The van der Waals surface area contributed by atoms with Crippen molar-refractivity contribution in [3.8, 4) is 23.0 Å². The van der Waals surface area contributed by atoms with E-state index >= 15 is 0 Å². The standard InChI is InChI=1S/2C6H6O2.Zr/c2*7-5-3-1-2-4-6(5)8;/h2*1-4,7-8H;/q;;+4/p-4. The Bertz CT molecular complexity index is 374. The van der Waals surface area contributed by atoms with Crippen LogP contribution < -0.4 is 20.4 Å². The number of hydrogen-bond acceptors (Lipinski definition) is 4. The summed E-state index contributed by atoms with van der Waals surface area (Å²) >= 11 is 0.